The lowest BCUT2D eigenvalue weighted by molar-refractivity contribution is -0.121. The fraction of sp³-hybridized carbons (Fsp3) is 0.375. The summed E-state index contributed by atoms with van der Waals surface area (Å²) in [5.41, 5.74) is 2.87. The van der Waals surface area contributed by atoms with Crippen molar-refractivity contribution < 1.29 is 9.18 Å². The summed E-state index contributed by atoms with van der Waals surface area (Å²) in [7, 11) is 0. The molecule has 0 aliphatic carbocycles. The second-order valence-corrected chi connectivity index (χ2v) is 5.34. The highest BCUT2D eigenvalue weighted by atomic mass is 19.1. The summed E-state index contributed by atoms with van der Waals surface area (Å²) in [5.74, 6) is -0.190. The standard InChI is InChI=1S/C16H20FN3O/c1-11(14-4-6-15(17)7-5-14)9-18-16(21)10-20-13(3)8-12(2)19-20/h4-8,11H,9-10H2,1-3H3,(H,18,21). The van der Waals surface area contributed by atoms with Crippen LogP contribution >= 0.6 is 0 Å². The Morgan fingerprint density at radius 1 is 1.33 bits per heavy atom. The second kappa shape index (κ2) is 6.52. The lowest BCUT2D eigenvalue weighted by Gasteiger charge is -2.13. The van der Waals surface area contributed by atoms with Gasteiger partial charge in [-0.05, 0) is 43.5 Å². The summed E-state index contributed by atoms with van der Waals surface area (Å²) >= 11 is 0. The topological polar surface area (TPSA) is 46.9 Å². The Morgan fingerprint density at radius 3 is 2.57 bits per heavy atom. The molecule has 1 amide bonds. The van der Waals surface area contributed by atoms with Crippen molar-refractivity contribution in [3.05, 3.63) is 53.1 Å². The Labute approximate surface area is 124 Å². The Morgan fingerprint density at radius 2 is 2.00 bits per heavy atom. The van der Waals surface area contributed by atoms with Gasteiger partial charge >= 0.3 is 0 Å². The summed E-state index contributed by atoms with van der Waals surface area (Å²) in [6.45, 7) is 6.56. The zero-order valence-electron chi connectivity index (χ0n) is 12.6. The maximum absolute atomic E-state index is 12.9. The van der Waals surface area contributed by atoms with Crippen molar-refractivity contribution >= 4 is 5.91 Å². The number of nitrogens with one attached hydrogen (secondary N) is 1. The fourth-order valence-electron chi connectivity index (χ4n) is 2.20. The minimum atomic E-state index is -0.250. The Bertz CT molecular complexity index is 619. The van der Waals surface area contributed by atoms with Gasteiger partial charge in [-0.3, -0.25) is 9.48 Å². The van der Waals surface area contributed by atoms with Crippen LogP contribution in [0.3, 0.4) is 0 Å². The van der Waals surface area contributed by atoms with Crippen LogP contribution in [0.1, 0.15) is 29.8 Å². The molecule has 0 fully saturated rings. The highest BCUT2D eigenvalue weighted by molar-refractivity contribution is 5.75. The predicted molar refractivity (Wildman–Crippen MR) is 79.5 cm³/mol. The van der Waals surface area contributed by atoms with E-state index in [1.165, 1.54) is 12.1 Å². The van der Waals surface area contributed by atoms with Crippen molar-refractivity contribution in [3.63, 3.8) is 0 Å². The largest absolute Gasteiger partial charge is 0.354 e. The molecule has 0 radical (unpaired) electrons. The number of nitrogens with zero attached hydrogens (tertiary/aromatic N) is 2. The normalized spacial score (nSPS) is 12.2. The molecule has 4 nitrogen and oxygen atoms in total. The van der Waals surface area contributed by atoms with Crippen LogP contribution in [-0.4, -0.2) is 22.2 Å². The smallest absolute Gasteiger partial charge is 0.241 e. The molecule has 21 heavy (non-hydrogen) atoms. The lowest BCUT2D eigenvalue weighted by Crippen LogP contribution is -2.31. The van der Waals surface area contributed by atoms with Gasteiger partial charge in [0.25, 0.3) is 0 Å². The molecule has 2 aromatic rings. The van der Waals surface area contributed by atoms with Gasteiger partial charge in [-0.15, -0.1) is 0 Å². The zero-order valence-corrected chi connectivity index (χ0v) is 12.6. The van der Waals surface area contributed by atoms with E-state index in [-0.39, 0.29) is 24.2 Å². The minimum absolute atomic E-state index is 0.0739. The molecule has 0 aliphatic heterocycles. The monoisotopic (exact) mass is 289 g/mol. The van der Waals surface area contributed by atoms with E-state index in [2.05, 4.69) is 10.4 Å². The summed E-state index contributed by atoms with van der Waals surface area (Å²) in [5, 5.41) is 7.15. The second-order valence-electron chi connectivity index (χ2n) is 5.34. The molecular weight excluding hydrogens is 269 g/mol. The fourth-order valence-corrected chi connectivity index (χ4v) is 2.20. The molecule has 0 saturated heterocycles. The number of carbonyl (C=O) groups is 1. The van der Waals surface area contributed by atoms with Gasteiger partial charge in [0.2, 0.25) is 5.91 Å². The zero-order chi connectivity index (χ0) is 15.4. The van der Waals surface area contributed by atoms with Crippen molar-refractivity contribution in [1.82, 2.24) is 15.1 Å². The van der Waals surface area contributed by atoms with Crippen LogP contribution in [-0.2, 0) is 11.3 Å². The van der Waals surface area contributed by atoms with Gasteiger partial charge in [0.05, 0.1) is 5.69 Å². The van der Waals surface area contributed by atoms with Crippen LogP contribution in [0, 0.1) is 19.7 Å². The molecule has 1 atom stereocenters. The number of halogens is 1. The molecule has 1 unspecified atom stereocenters. The van der Waals surface area contributed by atoms with Crippen LogP contribution in [0.25, 0.3) is 0 Å². The van der Waals surface area contributed by atoms with Crippen molar-refractivity contribution in [3.8, 4) is 0 Å². The molecule has 1 aromatic heterocycles. The summed E-state index contributed by atoms with van der Waals surface area (Å²) < 4.78 is 14.6. The average Bonchev–Trinajstić information content (AvgIpc) is 2.75. The highest BCUT2D eigenvalue weighted by Crippen LogP contribution is 2.14. The maximum Gasteiger partial charge on any atom is 0.241 e. The summed E-state index contributed by atoms with van der Waals surface area (Å²) in [4.78, 5) is 11.9. The number of aryl methyl sites for hydroxylation is 2. The van der Waals surface area contributed by atoms with E-state index < -0.39 is 0 Å². The number of hydrogen-bond acceptors (Lipinski definition) is 2. The quantitative estimate of drug-likeness (QED) is 0.919. The van der Waals surface area contributed by atoms with Crippen molar-refractivity contribution in [1.29, 1.82) is 0 Å². The Kier molecular flexibility index (Phi) is 4.73. The Balaban J connectivity index is 1.86. The van der Waals surface area contributed by atoms with Gasteiger partial charge in [-0.2, -0.15) is 5.10 Å². The summed E-state index contributed by atoms with van der Waals surface area (Å²) in [6, 6.07) is 8.29. The van der Waals surface area contributed by atoms with Crippen molar-refractivity contribution in [2.24, 2.45) is 0 Å². The highest BCUT2D eigenvalue weighted by Gasteiger charge is 2.10. The predicted octanol–water partition coefficient (Wildman–Crippen LogP) is 2.56. The van der Waals surface area contributed by atoms with E-state index in [4.69, 9.17) is 0 Å². The van der Waals surface area contributed by atoms with Crippen LogP contribution in [0.5, 0.6) is 0 Å². The van der Waals surface area contributed by atoms with E-state index in [0.29, 0.717) is 6.54 Å². The Hall–Kier alpha value is -2.17. The first-order valence-electron chi connectivity index (χ1n) is 6.99. The average molecular weight is 289 g/mol. The molecule has 1 heterocycles. The molecule has 1 N–H and O–H groups in total. The molecule has 1 aromatic carbocycles. The maximum atomic E-state index is 12.9. The van der Waals surface area contributed by atoms with E-state index in [1.807, 2.05) is 26.8 Å². The number of carbonyl (C=O) groups excluding carboxylic acids is 1. The van der Waals surface area contributed by atoms with E-state index >= 15 is 0 Å². The van der Waals surface area contributed by atoms with Gasteiger partial charge in [0.1, 0.15) is 12.4 Å². The minimum Gasteiger partial charge on any atom is -0.354 e. The first-order valence-corrected chi connectivity index (χ1v) is 6.99. The summed E-state index contributed by atoms with van der Waals surface area (Å²) in [6.07, 6.45) is 0. The van der Waals surface area contributed by atoms with Gasteiger partial charge in [0.15, 0.2) is 0 Å². The van der Waals surface area contributed by atoms with E-state index in [0.717, 1.165) is 17.0 Å². The van der Waals surface area contributed by atoms with Crippen molar-refractivity contribution in [2.75, 3.05) is 6.54 Å². The number of aromatic nitrogens is 2. The van der Waals surface area contributed by atoms with Crippen LogP contribution < -0.4 is 5.32 Å². The molecule has 0 aliphatic rings. The van der Waals surface area contributed by atoms with Gasteiger partial charge in [0, 0.05) is 12.2 Å². The van der Waals surface area contributed by atoms with Gasteiger partial charge in [-0.1, -0.05) is 19.1 Å². The van der Waals surface area contributed by atoms with Crippen LogP contribution in [0.4, 0.5) is 4.39 Å². The first kappa shape index (κ1) is 15.2. The number of amides is 1. The molecule has 2 rings (SSSR count). The third kappa shape index (κ3) is 4.15. The third-order valence-corrected chi connectivity index (χ3v) is 3.44. The van der Waals surface area contributed by atoms with Gasteiger partial charge in [-0.25, -0.2) is 4.39 Å². The SMILES string of the molecule is Cc1cc(C)n(CC(=O)NCC(C)c2ccc(F)cc2)n1. The van der Waals surface area contributed by atoms with E-state index in [1.54, 1.807) is 16.8 Å². The van der Waals surface area contributed by atoms with Crippen molar-refractivity contribution in [2.45, 2.75) is 33.2 Å². The third-order valence-electron chi connectivity index (χ3n) is 3.44. The molecule has 0 spiro atoms. The number of hydrogen-bond donors (Lipinski definition) is 1. The van der Waals surface area contributed by atoms with Crippen LogP contribution in [0.2, 0.25) is 0 Å². The first-order chi connectivity index (χ1) is 9.95. The van der Waals surface area contributed by atoms with E-state index in [9.17, 15) is 9.18 Å². The lowest BCUT2D eigenvalue weighted by atomic mass is 10.0. The molecule has 0 bridgehead atoms. The number of rotatable bonds is 5. The molecule has 0 saturated carbocycles. The molecular formula is C16H20FN3O. The van der Waals surface area contributed by atoms with Crippen LogP contribution in [0.15, 0.2) is 30.3 Å². The van der Waals surface area contributed by atoms with Gasteiger partial charge < -0.3 is 5.32 Å². The molecule has 112 valence electrons. The number of benzene rings is 1. The molecule has 5 heteroatoms.